The van der Waals surface area contributed by atoms with Crippen molar-refractivity contribution in [1.29, 1.82) is 0 Å². The minimum absolute atomic E-state index is 0.0162. The lowest BCUT2D eigenvalue weighted by Crippen LogP contribution is -2.23. The standard InChI is InChI=1S/C4H9NO4S/c1-5(4-6)2-3-10(7,8)9/h4H,2-3H2,1H3,(H,7,8,9). The monoisotopic (exact) mass is 167 g/mol. The molecule has 0 unspecified atom stereocenters. The highest BCUT2D eigenvalue weighted by Gasteiger charge is 2.04. The highest BCUT2D eigenvalue weighted by atomic mass is 32.2. The smallest absolute Gasteiger partial charge is 0.266 e. The fourth-order valence-corrected chi connectivity index (χ4v) is 0.831. The molecule has 60 valence electrons. The van der Waals surface area contributed by atoms with E-state index in [2.05, 4.69) is 0 Å². The van der Waals surface area contributed by atoms with Gasteiger partial charge < -0.3 is 4.90 Å². The maximum absolute atomic E-state index is 10.1. The summed E-state index contributed by atoms with van der Waals surface area (Å²) in [6.07, 6.45) is 0.491. The average molecular weight is 167 g/mol. The fraction of sp³-hybridized carbons (Fsp3) is 0.750. The highest BCUT2D eigenvalue weighted by molar-refractivity contribution is 7.85. The van der Waals surface area contributed by atoms with E-state index in [0.717, 1.165) is 4.90 Å². The Balaban J connectivity index is 3.66. The third kappa shape index (κ3) is 5.52. The summed E-state index contributed by atoms with van der Waals surface area (Å²) in [5.41, 5.74) is 0. The minimum Gasteiger partial charge on any atom is -0.347 e. The second kappa shape index (κ2) is 3.52. The molecule has 5 nitrogen and oxygen atoms in total. The van der Waals surface area contributed by atoms with Gasteiger partial charge in [-0.1, -0.05) is 0 Å². The zero-order valence-corrected chi connectivity index (χ0v) is 6.34. The van der Waals surface area contributed by atoms with Crippen molar-refractivity contribution in [2.75, 3.05) is 19.3 Å². The summed E-state index contributed by atoms with van der Waals surface area (Å²) in [6.45, 7) is 0.0162. The van der Waals surface area contributed by atoms with E-state index in [0.29, 0.717) is 6.41 Å². The van der Waals surface area contributed by atoms with Crippen LogP contribution in [0, 0.1) is 0 Å². The molecule has 0 saturated heterocycles. The van der Waals surface area contributed by atoms with E-state index in [-0.39, 0.29) is 6.54 Å². The molecule has 1 amide bonds. The molecule has 0 aromatic rings. The van der Waals surface area contributed by atoms with E-state index in [1.807, 2.05) is 0 Å². The van der Waals surface area contributed by atoms with Crippen LogP contribution in [0.3, 0.4) is 0 Å². The normalized spacial score (nSPS) is 11.0. The third-order valence-corrected chi connectivity index (χ3v) is 1.58. The Morgan fingerprint density at radius 1 is 1.60 bits per heavy atom. The molecule has 0 radical (unpaired) electrons. The molecule has 0 atom stereocenters. The van der Waals surface area contributed by atoms with E-state index < -0.39 is 15.9 Å². The Hall–Kier alpha value is -0.620. The van der Waals surface area contributed by atoms with Crippen molar-refractivity contribution in [3.63, 3.8) is 0 Å². The van der Waals surface area contributed by atoms with E-state index in [1.54, 1.807) is 0 Å². The summed E-state index contributed by atoms with van der Waals surface area (Å²) in [4.78, 5) is 11.0. The van der Waals surface area contributed by atoms with Crippen LogP contribution >= 0.6 is 0 Å². The lowest BCUT2D eigenvalue weighted by atomic mass is 10.7. The third-order valence-electron chi connectivity index (χ3n) is 0.882. The summed E-state index contributed by atoms with van der Waals surface area (Å²) >= 11 is 0. The molecule has 0 saturated carbocycles. The minimum atomic E-state index is -3.93. The van der Waals surface area contributed by atoms with Gasteiger partial charge in [-0.3, -0.25) is 9.35 Å². The largest absolute Gasteiger partial charge is 0.347 e. The molecule has 0 aromatic carbocycles. The number of carbonyl (C=O) groups is 1. The van der Waals surface area contributed by atoms with Crippen LogP contribution in [0.2, 0.25) is 0 Å². The maximum atomic E-state index is 10.1. The van der Waals surface area contributed by atoms with Crippen molar-refractivity contribution in [3.8, 4) is 0 Å². The number of nitrogens with zero attached hydrogens (tertiary/aromatic N) is 1. The van der Waals surface area contributed by atoms with E-state index in [4.69, 9.17) is 4.55 Å². The van der Waals surface area contributed by atoms with Crippen LogP contribution < -0.4 is 0 Å². The molecule has 0 aromatic heterocycles. The van der Waals surface area contributed by atoms with E-state index in [1.165, 1.54) is 7.05 Å². The molecule has 0 rings (SSSR count). The number of hydrogen-bond acceptors (Lipinski definition) is 3. The Morgan fingerprint density at radius 3 is 2.40 bits per heavy atom. The summed E-state index contributed by atoms with van der Waals surface area (Å²) in [5.74, 6) is -0.414. The summed E-state index contributed by atoms with van der Waals surface area (Å²) in [7, 11) is -2.50. The molecule has 0 aliphatic heterocycles. The van der Waals surface area contributed by atoms with Crippen LogP contribution in [0.1, 0.15) is 0 Å². The van der Waals surface area contributed by atoms with Gasteiger partial charge in [0.25, 0.3) is 10.1 Å². The Labute approximate surface area is 59.4 Å². The molecule has 0 aliphatic carbocycles. The number of amides is 1. The van der Waals surface area contributed by atoms with Gasteiger partial charge in [0.1, 0.15) is 0 Å². The van der Waals surface area contributed by atoms with Crippen molar-refractivity contribution >= 4 is 16.5 Å². The first-order valence-electron chi connectivity index (χ1n) is 2.56. The van der Waals surface area contributed by atoms with Gasteiger partial charge in [0.2, 0.25) is 6.41 Å². The second-order valence-corrected chi connectivity index (χ2v) is 3.44. The SMILES string of the molecule is CN(C=O)CCS(=O)(=O)O. The maximum Gasteiger partial charge on any atom is 0.266 e. The predicted octanol–water partition coefficient (Wildman–Crippen LogP) is -1.04. The second-order valence-electron chi connectivity index (χ2n) is 1.87. The zero-order valence-electron chi connectivity index (χ0n) is 5.52. The fourth-order valence-electron chi connectivity index (χ4n) is 0.312. The number of carbonyl (C=O) groups excluding carboxylic acids is 1. The lowest BCUT2D eigenvalue weighted by molar-refractivity contribution is -0.116. The predicted molar refractivity (Wildman–Crippen MR) is 35.1 cm³/mol. The van der Waals surface area contributed by atoms with Gasteiger partial charge in [0.15, 0.2) is 0 Å². The highest BCUT2D eigenvalue weighted by Crippen LogP contribution is 1.83. The molecular weight excluding hydrogens is 158 g/mol. The Kier molecular flexibility index (Phi) is 3.31. The van der Waals surface area contributed by atoms with Gasteiger partial charge >= 0.3 is 0 Å². The van der Waals surface area contributed by atoms with Crippen LogP contribution in [-0.4, -0.2) is 43.6 Å². The van der Waals surface area contributed by atoms with Crippen LogP contribution in [0.15, 0.2) is 0 Å². The van der Waals surface area contributed by atoms with Gasteiger partial charge in [0.05, 0.1) is 5.75 Å². The first kappa shape index (κ1) is 9.38. The van der Waals surface area contributed by atoms with E-state index >= 15 is 0 Å². The molecule has 0 aliphatic rings. The van der Waals surface area contributed by atoms with Crippen molar-refractivity contribution in [1.82, 2.24) is 4.90 Å². The Morgan fingerprint density at radius 2 is 2.10 bits per heavy atom. The van der Waals surface area contributed by atoms with Crippen LogP contribution in [0.4, 0.5) is 0 Å². The summed E-state index contributed by atoms with van der Waals surface area (Å²) < 4.78 is 28.3. The van der Waals surface area contributed by atoms with Crippen LogP contribution in [-0.2, 0) is 14.9 Å². The first-order valence-corrected chi connectivity index (χ1v) is 4.17. The molecule has 0 bridgehead atoms. The molecule has 0 heterocycles. The van der Waals surface area contributed by atoms with Crippen molar-refractivity contribution in [2.45, 2.75) is 0 Å². The molecule has 10 heavy (non-hydrogen) atoms. The summed E-state index contributed by atoms with van der Waals surface area (Å²) in [5, 5.41) is 0. The van der Waals surface area contributed by atoms with E-state index in [9.17, 15) is 13.2 Å². The van der Waals surface area contributed by atoms with Crippen molar-refractivity contribution < 1.29 is 17.8 Å². The number of hydrogen-bond donors (Lipinski definition) is 1. The van der Waals surface area contributed by atoms with Crippen molar-refractivity contribution in [3.05, 3.63) is 0 Å². The first-order chi connectivity index (χ1) is 4.45. The molecule has 6 heteroatoms. The van der Waals surface area contributed by atoms with Gasteiger partial charge in [-0.05, 0) is 0 Å². The molecule has 0 fully saturated rings. The average Bonchev–Trinajstić information content (AvgIpc) is 1.81. The number of rotatable bonds is 4. The topological polar surface area (TPSA) is 74.7 Å². The van der Waals surface area contributed by atoms with Crippen LogP contribution in [0.25, 0.3) is 0 Å². The van der Waals surface area contributed by atoms with Gasteiger partial charge in [0, 0.05) is 13.6 Å². The molecule has 0 spiro atoms. The van der Waals surface area contributed by atoms with Gasteiger partial charge in [-0.2, -0.15) is 8.42 Å². The lowest BCUT2D eigenvalue weighted by Gasteiger charge is -2.06. The van der Waals surface area contributed by atoms with Gasteiger partial charge in [-0.25, -0.2) is 0 Å². The van der Waals surface area contributed by atoms with Crippen LogP contribution in [0.5, 0.6) is 0 Å². The Bertz CT molecular complexity index is 197. The zero-order chi connectivity index (χ0) is 8.20. The quantitative estimate of drug-likeness (QED) is 0.429. The summed E-state index contributed by atoms with van der Waals surface area (Å²) in [6, 6.07) is 0. The molecule has 1 N–H and O–H groups in total. The molecular formula is C4H9NO4S. The van der Waals surface area contributed by atoms with Gasteiger partial charge in [-0.15, -0.1) is 0 Å². The van der Waals surface area contributed by atoms with Crippen molar-refractivity contribution in [2.24, 2.45) is 0 Å².